The first kappa shape index (κ1) is 27.4. The Kier molecular flexibility index (Phi) is 6.64. The van der Waals surface area contributed by atoms with E-state index in [1.54, 1.807) is 12.3 Å². The second kappa shape index (κ2) is 10.4. The summed E-state index contributed by atoms with van der Waals surface area (Å²) in [6, 6.07) is 9.41. The van der Waals surface area contributed by atoms with E-state index in [0.717, 1.165) is 29.7 Å². The molecule has 0 spiro atoms. The Morgan fingerprint density at radius 3 is 2.77 bits per heavy atom. The molecule has 222 valence electrons. The van der Waals surface area contributed by atoms with Crippen LogP contribution in [0.1, 0.15) is 47.3 Å². The summed E-state index contributed by atoms with van der Waals surface area (Å²) in [5, 5.41) is 3.41. The molecular weight excluding hydrogens is 580 g/mol. The zero-order valence-electron chi connectivity index (χ0n) is 23.1. The first-order valence-corrected chi connectivity index (χ1v) is 15.5. The Hall–Kier alpha value is -4.39. The molecule has 7 rings (SSSR count). The van der Waals surface area contributed by atoms with E-state index in [-0.39, 0.29) is 18.7 Å². The molecule has 1 N–H and O–H groups in total. The van der Waals surface area contributed by atoms with E-state index in [9.17, 15) is 22.0 Å². The quantitative estimate of drug-likeness (QED) is 0.347. The van der Waals surface area contributed by atoms with Crippen molar-refractivity contribution in [2.75, 3.05) is 24.7 Å². The molecule has 0 unspecified atom stereocenters. The first-order valence-electron chi connectivity index (χ1n) is 14.0. The van der Waals surface area contributed by atoms with Gasteiger partial charge in [-0.15, -0.1) is 0 Å². The molecule has 3 atom stereocenters. The Labute approximate surface area is 246 Å². The molecule has 3 aliphatic rings. The molecule has 13 heteroatoms. The van der Waals surface area contributed by atoms with Crippen LogP contribution in [0, 0.1) is 11.7 Å². The number of hydrogen-bond acceptors (Lipinski definition) is 9. The highest BCUT2D eigenvalue weighted by Gasteiger charge is 2.36. The Bertz CT molecular complexity index is 1890. The number of benzene rings is 1. The van der Waals surface area contributed by atoms with Crippen LogP contribution in [0.3, 0.4) is 0 Å². The number of aromatic nitrogens is 3. The third-order valence-corrected chi connectivity index (χ3v) is 9.87. The van der Waals surface area contributed by atoms with Gasteiger partial charge in [0.05, 0.1) is 30.9 Å². The van der Waals surface area contributed by atoms with Gasteiger partial charge in [-0.2, -0.15) is 0 Å². The van der Waals surface area contributed by atoms with Crippen molar-refractivity contribution in [3.63, 3.8) is 0 Å². The maximum Gasteiger partial charge on any atom is 0.251 e. The SMILES string of the molecule is C[C@H]1C[C@H]1c1cnc2c(c1)OCCN2c1ccc2cnc(CNC(=O)c3cc(F)c4c(c3)S(=O)(=O)[C@@H](F)CCO4)cc2n1. The zero-order valence-corrected chi connectivity index (χ0v) is 23.9. The fourth-order valence-corrected chi connectivity index (χ4v) is 6.88. The van der Waals surface area contributed by atoms with E-state index in [1.165, 1.54) is 5.56 Å². The van der Waals surface area contributed by atoms with Crippen molar-refractivity contribution >= 4 is 38.3 Å². The van der Waals surface area contributed by atoms with Gasteiger partial charge in [0, 0.05) is 29.8 Å². The van der Waals surface area contributed by atoms with Gasteiger partial charge in [-0.05, 0) is 60.2 Å². The lowest BCUT2D eigenvalue weighted by Crippen LogP contribution is -2.30. The maximum atomic E-state index is 14.7. The molecule has 0 bridgehead atoms. The van der Waals surface area contributed by atoms with Crippen LogP contribution in [0.2, 0.25) is 0 Å². The molecule has 0 radical (unpaired) electrons. The standard InChI is InChI=1S/C30H27F2N5O5S/c1-16-8-21(16)19-10-24-29(34-14-19)37(5-7-41-24)27-3-2-17-13-33-20(12-23(17)36-27)15-35-30(38)18-9-22(31)28-25(11-18)43(39,40)26(32)4-6-42-28/h2-3,9-14,16,21,26H,4-8,15H2,1H3,(H,35,38)/t16-,21+,26+/m0/s1. The van der Waals surface area contributed by atoms with E-state index in [4.69, 9.17) is 19.4 Å². The van der Waals surface area contributed by atoms with Gasteiger partial charge in [-0.1, -0.05) is 6.92 Å². The van der Waals surface area contributed by atoms with E-state index in [2.05, 4.69) is 23.3 Å². The molecule has 4 aromatic rings. The summed E-state index contributed by atoms with van der Waals surface area (Å²) in [5.74, 6) is 0.929. The zero-order chi connectivity index (χ0) is 29.9. The summed E-state index contributed by atoms with van der Waals surface area (Å²) >= 11 is 0. The van der Waals surface area contributed by atoms with Crippen LogP contribution < -0.4 is 19.7 Å². The summed E-state index contributed by atoms with van der Waals surface area (Å²) in [5.41, 5.74) is -0.230. The van der Waals surface area contributed by atoms with Crippen molar-refractivity contribution in [1.82, 2.24) is 20.3 Å². The van der Waals surface area contributed by atoms with Crippen LogP contribution >= 0.6 is 0 Å². The molecule has 10 nitrogen and oxygen atoms in total. The first-order chi connectivity index (χ1) is 20.7. The number of amides is 1. The number of nitrogens with one attached hydrogen (secondary N) is 1. The van der Waals surface area contributed by atoms with Crippen molar-refractivity contribution in [3.05, 3.63) is 71.4 Å². The van der Waals surface area contributed by atoms with Crippen LogP contribution in [0.4, 0.5) is 20.4 Å². The number of pyridine rings is 3. The van der Waals surface area contributed by atoms with Crippen LogP contribution in [-0.4, -0.2) is 54.5 Å². The van der Waals surface area contributed by atoms with Crippen molar-refractivity contribution in [3.8, 4) is 11.5 Å². The highest BCUT2D eigenvalue weighted by molar-refractivity contribution is 7.92. The lowest BCUT2D eigenvalue weighted by atomic mass is 10.1. The minimum atomic E-state index is -4.51. The van der Waals surface area contributed by atoms with E-state index >= 15 is 0 Å². The number of fused-ring (bicyclic) bond motifs is 3. The second-order valence-electron chi connectivity index (χ2n) is 11.0. The van der Waals surface area contributed by atoms with Gasteiger partial charge in [0.1, 0.15) is 17.3 Å². The van der Waals surface area contributed by atoms with Crippen LogP contribution in [-0.2, 0) is 16.4 Å². The van der Waals surface area contributed by atoms with Gasteiger partial charge in [-0.25, -0.2) is 27.2 Å². The van der Waals surface area contributed by atoms with Crippen LogP contribution in [0.25, 0.3) is 10.9 Å². The molecular formula is C30H27F2N5O5S. The number of alkyl halides is 1. The topological polar surface area (TPSA) is 124 Å². The fraction of sp³-hybridized carbons (Fsp3) is 0.333. The van der Waals surface area contributed by atoms with Crippen molar-refractivity contribution < 1.29 is 31.5 Å². The predicted molar refractivity (Wildman–Crippen MR) is 153 cm³/mol. The number of halogens is 2. The number of anilines is 2. The summed E-state index contributed by atoms with van der Waals surface area (Å²) in [6.07, 6.45) is 4.27. The van der Waals surface area contributed by atoms with Gasteiger partial charge in [0.15, 0.2) is 23.1 Å². The minimum Gasteiger partial charge on any atom is -0.489 e. The lowest BCUT2D eigenvalue weighted by Gasteiger charge is -2.29. The van der Waals surface area contributed by atoms with Gasteiger partial charge in [-0.3, -0.25) is 9.78 Å². The van der Waals surface area contributed by atoms with Crippen LogP contribution in [0.5, 0.6) is 11.5 Å². The molecule has 1 amide bonds. The molecule has 1 fully saturated rings. The third kappa shape index (κ3) is 5.01. The molecule has 0 saturated heterocycles. The predicted octanol–water partition coefficient (Wildman–Crippen LogP) is 4.60. The molecule has 3 aromatic heterocycles. The number of nitrogens with zero attached hydrogens (tertiary/aromatic N) is 4. The average molecular weight is 608 g/mol. The van der Waals surface area contributed by atoms with E-state index in [1.807, 2.05) is 23.2 Å². The highest BCUT2D eigenvalue weighted by atomic mass is 32.2. The molecule has 1 aromatic carbocycles. The fourth-order valence-electron chi connectivity index (χ4n) is 5.49. The second-order valence-corrected chi connectivity index (χ2v) is 13.0. The summed E-state index contributed by atoms with van der Waals surface area (Å²) < 4.78 is 65.1. The number of rotatable bonds is 5. The summed E-state index contributed by atoms with van der Waals surface area (Å²) in [4.78, 5) is 28.1. The van der Waals surface area contributed by atoms with Crippen molar-refractivity contribution in [2.45, 2.75) is 42.6 Å². The minimum absolute atomic E-state index is 0.0430. The van der Waals surface area contributed by atoms with E-state index in [0.29, 0.717) is 47.8 Å². The molecule has 1 aliphatic carbocycles. The van der Waals surface area contributed by atoms with Gasteiger partial charge in [0.2, 0.25) is 15.3 Å². The Balaban J connectivity index is 1.11. The van der Waals surface area contributed by atoms with E-state index < -0.39 is 44.1 Å². The third-order valence-electron chi connectivity index (χ3n) is 8.05. The molecule has 2 aliphatic heterocycles. The summed E-state index contributed by atoms with van der Waals surface area (Å²) in [7, 11) is -4.51. The number of ether oxygens (including phenoxy) is 2. The maximum absolute atomic E-state index is 14.7. The van der Waals surface area contributed by atoms with Crippen LogP contribution in [0.15, 0.2) is 53.7 Å². The Morgan fingerprint density at radius 2 is 1.95 bits per heavy atom. The largest absolute Gasteiger partial charge is 0.489 e. The molecule has 5 heterocycles. The molecule has 1 saturated carbocycles. The van der Waals surface area contributed by atoms with Crippen molar-refractivity contribution in [2.24, 2.45) is 5.92 Å². The average Bonchev–Trinajstić information content (AvgIpc) is 3.76. The number of hydrogen-bond donors (Lipinski definition) is 1. The van der Waals surface area contributed by atoms with Gasteiger partial charge < -0.3 is 19.7 Å². The summed E-state index contributed by atoms with van der Waals surface area (Å²) in [6.45, 7) is 2.96. The molecule has 43 heavy (non-hydrogen) atoms. The van der Waals surface area contributed by atoms with Gasteiger partial charge >= 0.3 is 0 Å². The number of sulfone groups is 1. The monoisotopic (exact) mass is 607 g/mol. The van der Waals surface area contributed by atoms with Gasteiger partial charge in [0.25, 0.3) is 5.91 Å². The highest BCUT2D eigenvalue weighted by Crippen LogP contribution is 2.48. The number of carbonyl (C=O) groups is 1. The smallest absolute Gasteiger partial charge is 0.251 e. The van der Waals surface area contributed by atoms with Crippen molar-refractivity contribution in [1.29, 1.82) is 0 Å². The Morgan fingerprint density at radius 1 is 1.12 bits per heavy atom. The normalized spacial score (nSPS) is 22.0. The lowest BCUT2D eigenvalue weighted by molar-refractivity contribution is 0.0949. The number of carbonyl (C=O) groups excluding carboxylic acids is 1.